The van der Waals surface area contributed by atoms with Gasteiger partial charge in [0.05, 0.1) is 6.61 Å². The van der Waals surface area contributed by atoms with Gasteiger partial charge in [-0.05, 0) is 6.07 Å². The Morgan fingerprint density at radius 1 is 1.74 bits per heavy atom. The third kappa shape index (κ3) is 2.09. The molecule has 0 unspecified atom stereocenters. The number of hydrogen-bond donors (Lipinski definition) is 3. The molecule has 1 aliphatic heterocycles. The Bertz CT molecular complexity index is 584. The van der Waals surface area contributed by atoms with Crippen LogP contribution < -0.4 is 11.4 Å². The summed E-state index contributed by atoms with van der Waals surface area (Å²) in [5.74, 6) is 2.22. The lowest BCUT2D eigenvalue weighted by Crippen LogP contribution is -2.43. The molecule has 4 atom stereocenters. The van der Waals surface area contributed by atoms with Crippen LogP contribution in [-0.4, -0.2) is 43.5 Å². The first-order chi connectivity index (χ1) is 8.95. The minimum atomic E-state index is -1.64. The second-order valence-electron chi connectivity index (χ2n) is 4.13. The van der Waals surface area contributed by atoms with Crippen LogP contribution in [0.2, 0.25) is 0 Å². The van der Waals surface area contributed by atoms with Gasteiger partial charge >= 0.3 is 5.69 Å². The average Bonchev–Trinajstić information content (AvgIpc) is 2.64. The lowest BCUT2D eigenvalue weighted by atomic mass is 9.99. The van der Waals surface area contributed by atoms with Crippen molar-refractivity contribution in [1.29, 1.82) is 0 Å². The number of nitrogens with two attached hydrogens (primary N) is 1. The number of ether oxygens (including phenoxy) is 1. The van der Waals surface area contributed by atoms with E-state index in [1.54, 1.807) is 0 Å². The van der Waals surface area contributed by atoms with E-state index in [-0.39, 0.29) is 5.82 Å². The van der Waals surface area contributed by atoms with Gasteiger partial charge in [0.25, 0.3) is 0 Å². The van der Waals surface area contributed by atoms with E-state index in [1.165, 1.54) is 12.3 Å². The first-order valence-corrected chi connectivity index (χ1v) is 5.82. The minimum absolute atomic E-state index is 0.0521. The number of terminal acetylenes is 1. The number of aliphatic hydroxyl groups excluding tert-OH is 2. The Morgan fingerprint density at radius 3 is 2.89 bits per heavy atom. The standard InChI is InChI=1S/C11H12ClN3O4/c1-2-11(5-16)8(17)7(12)9(19-11)15-4-3-6(13)14-10(15)18/h1,3-4,7-9,16-17H,5H2,(H2,13,14,18)/t7-,8+,9-,11-/m1/s1. The van der Waals surface area contributed by atoms with Crippen LogP contribution in [0, 0.1) is 12.3 Å². The molecule has 2 rings (SSSR count). The molecular weight excluding hydrogens is 274 g/mol. The van der Waals surface area contributed by atoms with Gasteiger partial charge in [-0.2, -0.15) is 4.98 Å². The fourth-order valence-corrected chi connectivity index (χ4v) is 2.27. The van der Waals surface area contributed by atoms with Crippen LogP contribution in [-0.2, 0) is 4.74 Å². The molecule has 1 aromatic rings. The molecule has 1 fully saturated rings. The van der Waals surface area contributed by atoms with Crippen molar-refractivity contribution in [2.45, 2.75) is 23.3 Å². The summed E-state index contributed by atoms with van der Waals surface area (Å²) in [5, 5.41) is 18.2. The van der Waals surface area contributed by atoms with Crippen LogP contribution in [0.3, 0.4) is 0 Å². The van der Waals surface area contributed by atoms with Gasteiger partial charge in [0, 0.05) is 6.20 Å². The summed E-state index contributed by atoms with van der Waals surface area (Å²) in [6, 6.07) is 1.38. The van der Waals surface area contributed by atoms with Crippen LogP contribution in [0.15, 0.2) is 17.1 Å². The fourth-order valence-electron chi connectivity index (χ4n) is 1.89. The minimum Gasteiger partial charge on any atom is -0.392 e. The third-order valence-electron chi connectivity index (χ3n) is 2.99. The zero-order valence-electron chi connectivity index (χ0n) is 9.73. The SMILES string of the molecule is C#C[C@]1(CO)O[C@@H](n2ccc(N)nc2=O)[C@H](Cl)[C@@H]1O. The highest BCUT2D eigenvalue weighted by atomic mass is 35.5. The number of rotatable bonds is 2. The molecular formula is C11H12ClN3O4. The van der Waals surface area contributed by atoms with Gasteiger partial charge in [-0.25, -0.2) is 4.79 Å². The summed E-state index contributed by atoms with van der Waals surface area (Å²) in [5.41, 5.74) is 3.05. The van der Waals surface area contributed by atoms with Gasteiger partial charge in [0.2, 0.25) is 0 Å². The number of hydrogen-bond acceptors (Lipinski definition) is 6. The van der Waals surface area contributed by atoms with Crippen molar-refractivity contribution in [2.75, 3.05) is 12.3 Å². The van der Waals surface area contributed by atoms with Crippen molar-refractivity contribution in [3.8, 4) is 12.3 Å². The molecule has 1 aromatic heterocycles. The topological polar surface area (TPSA) is 111 Å². The zero-order valence-corrected chi connectivity index (χ0v) is 10.5. The van der Waals surface area contributed by atoms with Crippen molar-refractivity contribution in [3.05, 3.63) is 22.7 Å². The summed E-state index contributed by atoms with van der Waals surface area (Å²) in [6.45, 7) is -0.623. The molecule has 102 valence electrons. The molecule has 1 aliphatic rings. The first kappa shape index (κ1) is 13.8. The number of aromatic nitrogens is 2. The summed E-state index contributed by atoms with van der Waals surface area (Å²) in [6.07, 6.45) is 4.23. The molecule has 7 nitrogen and oxygen atoms in total. The lowest BCUT2D eigenvalue weighted by molar-refractivity contribution is -0.0911. The third-order valence-corrected chi connectivity index (χ3v) is 3.44. The van der Waals surface area contributed by atoms with Crippen LogP contribution in [0.5, 0.6) is 0 Å². The molecule has 8 heteroatoms. The number of nitrogens with zero attached hydrogens (tertiary/aromatic N) is 2. The predicted octanol–water partition coefficient (Wildman–Crippen LogP) is -1.31. The van der Waals surface area contributed by atoms with E-state index in [0.29, 0.717) is 0 Å². The Hall–Kier alpha value is -1.59. The van der Waals surface area contributed by atoms with E-state index in [2.05, 4.69) is 10.9 Å². The quantitative estimate of drug-likeness (QED) is 0.459. The van der Waals surface area contributed by atoms with Crippen molar-refractivity contribution < 1.29 is 14.9 Å². The summed E-state index contributed by atoms with van der Waals surface area (Å²) >= 11 is 6.02. The maximum Gasteiger partial charge on any atom is 0.351 e. The molecule has 0 aromatic carbocycles. The maximum atomic E-state index is 11.7. The molecule has 0 spiro atoms. The smallest absolute Gasteiger partial charge is 0.351 e. The van der Waals surface area contributed by atoms with E-state index < -0.39 is 35.6 Å². The molecule has 0 saturated carbocycles. The van der Waals surface area contributed by atoms with E-state index in [1.807, 2.05) is 0 Å². The van der Waals surface area contributed by atoms with Crippen LogP contribution in [0.4, 0.5) is 5.82 Å². The van der Waals surface area contributed by atoms with Crippen molar-refractivity contribution in [3.63, 3.8) is 0 Å². The highest BCUT2D eigenvalue weighted by molar-refractivity contribution is 6.21. The van der Waals surface area contributed by atoms with Crippen molar-refractivity contribution >= 4 is 17.4 Å². The molecule has 0 aliphatic carbocycles. The van der Waals surface area contributed by atoms with Gasteiger partial charge < -0.3 is 20.7 Å². The molecule has 1 saturated heterocycles. The summed E-state index contributed by atoms with van der Waals surface area (Å²) in [7, 11) is 0. The Morgan fingerprint density at radius 2 is 2.42 bits per heavy atom. The molecule has 0 radical (unpaired) electrons. The molecule has 0 bridgehead atoms. The second kappa shape index (κ2) is 4.83. The van der Waals surface area contributed by atoms with Gasteiger partial charge in [-0.3, -0.25) is 4.57 Å². The second-order valence-corrected chi connectivity index (χ2v) is 4.64. The normalized spacial score (nSPS) is 34.1. The first-order valence-electron chi connectivity index (χ1n) is 5.38. The molecule has 19 heavy (non-hydrogen) atoms. The predicted molar refractivity (Wildman–Crippen MR) is 67.3 cm³/mol. The molecule has 0 amide bonds. The summed E-state index contributed by atoms with van der Waals surface area (Å²) < 4.78 is 6.45. The van der Waals surface area contributed by atoms with Crippen molar-refractivity contribution in [2.24, 2.45) is 0 Å². The van der Waals surface area contributed by atoms with E-state index in [0.717, 1.165) is 4.57 Å². The Labute approximate surface area is 113 Å². The average molecular weight is 286 g/mol. The largest absolute Gasteiger partial charge is 0.392 e. The molecule has 4 N–H and O–H groups in total. The Balaban J connectivity index is 2.43. The van der Waals surface area contributed by atoms with E-state index >= 15 is 0 Å². The molecule has 2 heterocycles. The van der Waals surface area contributed by atoms with Crippen LogP contribution in [0.1, 0.15) is 6.23 Å². The lowest BCUT2D eigenvalue weighted by Gasteiger charge is -2.23. The van der Waals surface area contributed by atoms with E-state index in [4.69, 9.17) is 28.5 Å². The number of anilines is 1. The van der Waals surface area contributed by atoms with Gasteiger partial charge in [0.15, 0.2) is 11.8 Å². The van der Waals surface area contributed by atoms with Crippen molar-refractivity contribution in [1.82, 2.24) is 9.55 Å². The number of alkyl halides is 1. The van der Waals surface area contributed by atoms with Crippen LogP contribution in [0.25, 0.3) is 0 Å². The zero-order chi connectivity index (χ0) is 14.2. The number of nitrogen functional groups attached to an aromatic ring is 1. The van der Waals surface area contributed by atoms with E-state index in [9.17, 15) is 15.0 Å². The maximum absolute atomic E-state index is 11.7. The van der Waals surface area contributed by atoms with Gasteiger partial charge in [-0.1, -0.05) is 5.92 Å². The number of halogens is 1. The highest BCUT2D eigenvalue weighted by Gasteiger charge is 2.54. The monoisotopic (exact) mass is 285 g/mol. The fraction of sp³-hybridized carbons (Fsp3) is 0.455. The van der Waals surface area contributed by atoms with Gasteiger partial charge in [-0.15, -0.1) is 18.0 Å². The van der Waals surface area contributed by atoms with Gasteiger partial charge in [0.1, 0.15) is 17.3 Å². The Kier molecular flexibility index (Phi) is 3.52. The van der Waals surface area contributed by atoms with Crippen LogP contribution >= 0.6 is 11.6 Å². The summed E-state index contributed by atoms with van der Waals surface area (Å²) in [4.78, 5) is 15.2. The highest BCUT2D eigenvalue weighted by Crippen LogP contribution is 2.39. The number of aliphatic hydroxyl groups is 2.